The number of carbonyl (C=O) groups is 2. The predicted molar refractivity (Wildman–Crippen MR) is 145 cm³/mol. The minimum absolute atomic E-state index is 0.0233. The summed E-state index contributed by atoms with van der Waals surface area (Å²) < 4.78 is 17.0. The van der Waals surface area contributed by atoms with Crippen molar-refractivity contribution in [3.63, 3.8) is 0 Å². The number of aliphatic hydroxyl groups excluding tert-OH is 1. The van der Waals surface area contributed by atoms with Crippen LogP contribution in [0.15, 0.2) is 72.3 Å². The van der Waals surface area contributed by atoms with E-state index in [4.69, 9.17) is 14.2 Å². The molecule has 1 saturated heterocycles. The quantitative estimate of drug-likeness (QED) is 0.220. The number of methoxy groups -OCH3 is 1. The summed E-state index contributed by atoms with van der Waals surface area (Å²) >= 11 is 0. The average Bonchev–Trinajstić information content (AvgIpc) is 3.14. The van der Waals surface area contributed by atoms with Crippen molar-refractivity contribution >= 4 is 17.4 Å². The smallest absolute Gasteiger partial charge is 0.295 e. The summed E-state index contributed by atoms with van der Waals surface area (Å²) in [6, 6.07) is 19.0. The molecular formula is C31H33NO6. The Kier molecular flexibility index (Phi) is 8.05. The van der Waals surface area contributed by atoms with Crippen molar-refractivity contribution in [2.24, 2.45) is 0 Å². The summed E-state index contributed by atoms with van der Waals surface area (Å²) in [5.41, 5.74) is 2.66. The van der Waals surface area contributed by atoms with Gasteiger partial charge in [0.25, 0.3) is 11.7 Å². The van der Waals surface area contributed by atoms with E-state index in [-0.39, 0.29) is 24.0 Å². The van der Waals surface area contributed by atoms with Crippen LogP contribution >= 0.6 is 0 Å². The fourth-order valence-electron chi connectivity index (χ4n) is 4.71. The molecule has 0 saturated carbocycles. The van der Waals surface area contributed by atoms with Crippen molar-refractivity contribution in [1.29, 1.82) is 0 Å². The Bertz CT molecular complexity index is 1380. The summed E-state index contributed by atoms with van der Waals surface area (Å²) in [6.45, 7) is 8.24. The highest BCUT2D eigenvalue weighted by Crippen LogP contribution is 2.42. The molecule has 1 amide bonds. The van der Waals surface area contributed by atoms with Gasteiger partial charge in [-0.2, -0.15) is 0 Å². The predicted octanol–water partition coefficient (Wildman–Crippen LogP) is 5.81. The van der Waals surface area contributed by atoms with Crippen molar-refractivity contribution in [1.82, 2.24) is 4.90 Å². The summed E-state index contributed by atoms with van der Waals surface area (Å²) in [6.07, 6.45) is -0.0583. The van der Waals surface area contributed by atoms with Gasteiger partial charge in [-0.25, -0.2) is 0 Å². The lowest BCUT2D eigenvalue weighted by molar-refractivity contribution is -0.140. The molecule has 1 N–H and O–H groups in total. The van der Waals surface area contributed by atoms with E-state index in [1.54, 1.807) is 31.4 Å². The van der Waals surface area contributed by atoms with Gasteiger partial charge in [0, 0.05) is 11.1 Å². The van der Waals surface area contributed by atoms with Gasteiger partial charge < -0.3 is 24.2 Å². The van der Waals surface area contributed by atoms with E-state index in [0.717, 1.165) is 11.1 Å². The number of aryl methyl sites for hydroxylation is 1. The molecule has 4 rings (SSSR count). The van der Waals surface area contributed by atoms with E-state index < -0.39 is 17.7 Å². The number of aliphatic hydroxyl groups is 1. The fourth-order valence-corrected chi connectivity index (χ4v) is 4.71. The Morgan fingerprint density at radius 2 is 1.76 bits per heavy atom. The Morgan fingerprint density at radius 3 is 2.45 bits per heavy atom. The third-order valence-electron chi connectivity index (χ3n) is 6.37. The van der Waals surface area contributed by atoms with Crippen LogP contribution in [0.1, 0.15) is 49.1 Å². The molecule has 0 spiro atoms. The molecule has 38 heavy (non-hydrogen) atoms. The van der Waals surface area contributed by atoms with Crippen LogP contribution in [-0.2, 0) is 16.1 Å². The molecule has 3 aromatic carbocycles. The number of ketones is 1. The second kappa shape index (κ2) is 11.4. The van der Waals surface area contributed by atoms with Crippen LogP contribution in [-0.4, -0.2) is 41.5 Å². The van der Waals surface area contributed by atoms with Crippen LogP contribution in [0.4, 0.5) is 0 Å². The maximum Gasteiger partial charge on any atom is 0.295 e. The Morgan fingerprint density at radius 1 is 1.00 bits per heavy atom. The van der Waals surface area contributed by atoms with Gasteiger partial charge in [-0.1, -0.05) is 30.3 Å². The maximum atomic E-state index is 13.5. The molecule has 0 bridgehead atoms. The molecule has 1 atom stereocenters. The third kappa shape index (κ3) is 5.37. The molecule has 0 aromatic heterocycles. The van der Waals surface area contributed by atoms with Crippen LogP contribution in [0.5, 0.6) is 17.2 Å². The summed E-state index contributed by atoms with van der Waals surface area (Å²) in [5, 5.41) is 11.5. The molecule has 0 radical (unpaired) electrons. The molecule has 1 unspecified atom stereocenters. The number of para-hydroxylation sites is 1. The van der Waals surface area contributed by atoms with Crippen LogP contribution in [0, 0.1) is 6.92 Å². The summed E-state index contributed by atoms with van der Waals surface area (Å²) in [4.78, 5) is 28.4. The maximum absolute atomic E-state index is 13.5. The first-order valence-electron chi connectivity index (χ1n) is 12.7. The lowest BCUT2D eigenvalue weighted by Crippen LogP contribution is -2.29. The molecule has 7 heteroatoms. The Hall–Kier alpha value is -4.26. The Balaban J connectivity index is 1.87. The number of benzene rings is 3. The zero-order valence-electron chi connectivity index (χ0n) is 22.4. The monoisotopic (exact) mass is 515 g/mol. The van der Waals surface area contributed by atoms with Crippen molar-refractivity contribution in [2.45, 2.75) is 46.4 Å². The highest BCUT2D eigenvalue weighted by Gasteiger charge is 2.46. The van der Waals surface area contributed by atoms with Crippen molar-refractivity contribution in [3.05, 3.63) is 94.6 Å². The zero-order chi connectivity index (χ0) is 27.4. The number of ether oxygens (including phenoxy) is 3. The molecule has 198 valence electrons. The first kappa shape index (κ1) is 26.8. The first-order valence-corrected chi connectivity index (χ1v) is 12.7. The van der Waals surface area contributed by atoms with E-state index in [2.05, 4.69) is 0 Å². The highest BCUT2D eigenvalue weighted by molar-refractivity contribution is 6.46. The fraction of sp³-hybridized carbons (Fsp3) is 0.290. The van der Waals surface area contributed by atoms with Crippen LogP contribution in [0.2, 0.25) is 0 Å². The standard InChI is InChI=1S/C31H33NO6/c1-6-37-25-15-14-22(16-20(25)4)29(33)27-28(21-11-9-12-24(17-21)38-19(2)3)32(31(35)30(27)34)18-23-10-7-8-13-26(23)36-5/h7-17,19,28,33H,6,18H2,1-5H3/b29-27+. The van der Waals surface area contributed by atoms with Crippen LogP contribution < -0.4 is 14.2 Å². The van der Waals surface area contributed by atoms with E-state index in [9.17, 15) is 14.7 Å². The molecule has 1 aliphatic heterocycles. The second-order valence-corrected chi connectivity index (χ2v) is 9.39. The summed E-state index contributed by atoms with van der Waals surface area (Å²) in [5.74, 6) is 0.224. The highest BCUT2D eigenvalue weighted by atomic mass is 16.5. The van der Waals surface area contributed by atoms with Gasteiger partial charge in [0.15, 0.2) is 0 Å². The molecule has 3 aromatic rings. The molecule has 1 fully saturated rings. The lowest BCUT2D eigenvalue weighted by atomic mass is 9.94. The van der Waals surface area contributed by atoms with Gasteiger partial charge in [0.1, 0.15) is 23.0 Å². The van der Waals surface area contributed by atoms with Gasteiger partial charge in [0.05, 0.1) is 38.0 Å². The molecule has 0 aliphatic carbocycles. The minimum Gasteiger partial charge on any atom is -0.507 e. The van der Waals surface area contributed by atoms with Gasteiger partial charge >= 0.3 is 0 Å². The largest absolute Gasteiger partial charge is 0.507 e. The van der Waals surface area contributed by atoms with Crippen molar-refractivity contribution in [2.75, 3.05) is 13.7 Å². The van der Waals surface area contributed by atoms with Gasteiger partial charge in [-0.15, -0.1) is 0 Å². The van der Waals surface area contributed by atoms with E-state index >= 15 is 0 Å². The van der Waals surface area contributed by atoms with E-state index in [0.29, 0.717) is 35.0 Å². The number of hydrogen-bond donors (Lipinski definition) is 1. The molecule has 1 aliphatic rings. The zero-order valence-corrected chi connectivity index (χ0v) is 22.4. The van der Waals surface area contributed by atoms with Gasteiger partial charge in [-0.3, -0.25) is 9.59 Å². The number of hydrogen-bond acceptors (Lipinski definition) is 6. The SMILES string of the molecule is CCOc1ccc(/C(O)=C2\C(=O)C(=O)N(Cc3ccccc3OC)C2c2cccc(OC(C)C)c2)cc1C. The van der Waals surface area contributed by atoms with E-state index in [1.807, 2.05) is 70.2 Å². The number of amides is 1. The summed E-state index contributed by atoms with van der Waals surface area (Å²) in [7, 11) is 1.56. The van der Waals surface area contributed by atoms with Gasteiger partial charge in [0.2, 0.25) is 0 Å². The number of Topliss-reactive ketones (excluding diaryl/α,β-unsaturated/α-hetero) is 1. The molecular weight excluding hydrogens is 482 g/mol. The van der Waals surface area contributed by atoms with Crippen LogP contribution in [0.25, 0.3) is 5.76 Å². The minimum atomic E-state index is -0.831. The number of likely N-dealkylation sites (tertiary alicyclic amines) is 1. The normalized spacial score (nSPS) is 16.7. The van der Waals surface area contributed by atoms with Crippen molar-refractivity contribution in [3.8, 4) is 17.2 Å². The van der Waals surface area contributed by atoms with Crippen LogP contribution in [0.3, 0.4) is 0 Å². The number of rotatable bonds is 9. The molecule has 7 nitrogen and oxygen atoms in total. The lowest BCUT2D eigenvalue weighted by Gasteiger charge is -2.26. The first-order chi connectivity index (χ1) is 18.2. The molecule has 1 heterocycles. The second-order valence-electron chi connectivity index (χ2n) is 9.39. The van der Waals surface area contributed by atoms with Gasteiger partial charge in [-0.05, 0) is 75.2 Å². The van der Waals surface area contributed by atoms with E-state index in [1.165, 1.54) is 4.90 Å². The number of carbonyl (C=O) groups excluding carboxylic acids is 2. The van der Waals surface area contributed by atoms with Crippen molar-refractivity contribution < 1.29 is 28.9 Å². The topological polar surface area (TPSA) is 85.3 Å². The Labute approximate surface area is 223 Å². The number of nitrogens with zero attached hydrogens (tertiary/aromatic N) is 1. The average molecular weight is 516 g/mol. The third-order valence-corrected chi connectivity index (χ3v) is 6.37.